The Balaban J connectivity index is 1.81. The van der Waals surface area contributed by atoms with E-state index in [0.29, 0.717) is 22.7 Å². The molecule has 0 aliphatic carbocycles. The molecule has 0 radical (unpaired) electrons. The van der Waals surface area contributed by atoms with Crippen molar-refractivity contribution >= 4 is 46.6 Å². The average Bonchev–Trinajstić information content (AvgIpc) is 3.06. The number of thioether (sulfide) groups is 1. The van der Waals surface area contributed by atoms with Crippen molar-refractivity contribution in [2.45, 2.75) is 26.1 Å². The fourth-order valence-corrected chi connectivity index (χ4v) is 4.07. The van der Waals surface area contributed by atoms with Gasteiger partial charge in [-0.25, -0.2) is 4.39 Å². The lowest BCUT2D eigenvalue weighted by molar-refractivity contribution is -0.123. The number of anilines is 2. The van der Waals surface area contributed by atoms with Gasteiger partial charge in [0, 0.05) is 17.3 Å². The number of benzene rings is 2. The molecule has 1 aliphatic rings. The molecule has 1 atom stereocenters. The topological polar surface area (TPSA) is 49.4 Å². The largest absolute Gasteiger partial charge is 0.326 e. The molecular weight excluding hydrogens is 399 g/mol. The zero-order valence-electron chi connectivity index (χ0n) is 16.0. The van der Waals surface area contributed by atoms with Crippen molar-refractivity contribution < 1.29 is 14.0 Å². The molecule has 0 unspecified atom stereocenters. The molecule has 1 fully saturated rings. The van der Waals surface area contributed by atoms with Crippen molar-refractivity contribution in [1.29, 1.82) is 0 Å². The summed E-state index contributed by atoms with van der Waals surface area (Å²) < 4.78 is 14.0. The Kier molecular flexibility index (Phi) is 6.01. The van der Waals surface area contributed by atoms with Crippen LogP contribution in [0.5, 0.6) is 0 Å². The number of nitrogens with zero attached hydrogens (tertiary/aromatic N) is 1. The van der Waals surface area contributed by atoms with Crippen LogP contribution < -0.4 is 10.2 Å². The molecule has 4 nitrogen and oxygen atoms in total. The monoisotopic (exact) mass is 420 g/mol. The Bertz CT molecular complexity index is 902. The second kappa shape index (κ2) is 8.13. The molecule has 148 valence electrons. The van der Waals surface area contributed by atoms with Crippen LogP contribution in [0, 0.1) is 18.2 Å². The van der Waals surface area contributed by atoms with Crippen LogP contribution in [0.1, 0.15) is 30.3 Å². The number of rotatable bonds is 5. The number of nitrogens with one attached hydrogen (secondary N) is 1. The highest BCUT2D eigenvalue weighted by Crippen LogP contribution is 2.42. The summed E-state index contributed by atoms with van der Waals surface area (Å²) in [6.45, 7) is 5.25. The molecule has 0 aromatic heterocycles. The van der Waals surface area contributed by atoms with Gasteiger partial charge in [-0.2, -0.15) is 0 Å². The SMILES string of the molecule is Cc1ccc(N2C(=O)CS[C@@H]2c2ccc(NC(=O)C(C)(C)CCl)cc2)cc1F. The maximum atomic E-state index is 14.0. The van der Waals surface area contributed by atoms with E-state index in [-0.39, 0.29) is 28.9 Å². The molecular formula is C21H22ClFN2O2S. The minimum absolute atomic E-state index is 0.0560. The van der Waals surface area contributed by atoms with Gasteiger partial charge in [0.05, 0.1) is 11.2 Å². The summed E-state index contributed by atoms with van der Waals surface area (Å²) in [5.74, 6) is 0.0142. The first kappa shape index (κ1) is 20.7. The van der Waals surface area contributed by atoms with E-state index in [1.807, 2.05) is 12.1 Å². The molecule has 1 aliphatic heterocycles. The van der Waals surface area contributed by atoms with Crippen molar-refractivity contribution in [3.8, 4) is 0 Å². The fraction of sp³-hybridized carbons (Fsp3) is 0.333. The Morgan fingerprint density at radius 2 is 1.96 bits per heavy atom. The highest BCUT2D eigenvalue weighted by atomic mass is 35.5. The molecule has 0 spiro atoms. The number of carbonyl (C=O) groups excluding carboxylic acids is 2. The zero-order chi connectivity index (χ0) is 20.5. The molecule has 0 saturated carbocycles. The smallest absolute Gasteiger partial charge is 0.238 e. The first-order valence-electron chi connectivity index (χ1n) is 8.90. The number of alkyl halides is 1. The molecule has 2 amide bonds. The van der Waals surface area contributed by atoms with E-state index in [1.165, 1.54) is 17.8 Å². The third-order valence-electron chi connectivity index (χ3n) is 4.70. The van der Waals surface area contributed by atoms with E-state index in [2.05, 4.69) is 5.32 Å². The van der Waals surface area contributed by atoms with Gasteiger partial charge in [0.1, 0.15) is 11.2 Å². The number of aryl methyl sites for hydroxylation is 1. The second-order valence-corrected chi connectivity index (χ2v) is 8.79. The van der Waals surface area contributed by atoms with Crippen LogP contribution in [-0.2, 0) is 9.59 Å². The molecule has 1 heterocycles. The minimum Gasteiger partial charge on any atom is -0.326 e. The highest BCUT2D eigenvalue weighted by Gasteiger charge is 2.34. The molecule has 0 bridgehead atoms. The summed E-state index contributed by atoms with van der Waals surface area (Å²) in [7, 11) is 0. The summed E-state index contributed by atoms with van der Waals surface area (Å²) in [5.41, 5.74) is 1.99. The van der Waals surface area contributed by atoms with Gasteiger partial charge >= 0.3 is 0 Å². The van der Waals surface area contributed by atoms with E-state index in [0.717, 1.165) is 5.56 Å². The molecule has 1 saturated heterocycles. The van der Waals surface area contributed by atoms with E-state index in [4.69, 9.17) is 11.6 Å². The second-order valence-electron chi connectivity index (χ2n) is 7.45. The van der Waals surface area contributed by atoms with Gasteiger partial charge in [0.25, 0.3) is 0 Å². The minimum atomic E-state index is -0.666. The van der Waals surface area contributed by atoms with Crippen LogP contribution >= 0.6 is 23.4 Å². The van der Waals surface area contributed by atoms with E-state index < -0.39 is 5.41 Å². The van der Waals surface area contributed by atoms with Gasteiger partial charge in [-0.1, -0.05) is 18.2 Å². The van der Waals surface area contributed by atoms with Crippen molar-refractivity contribution in [3.63, 3.8) is 0 Å². The maximum Gasteiger partial charge on any atom is 0.238 e. The van der Waals surface area contributed by atoms with Crippen LogP contribution in [0.15, 0.2) is 42.5 Å². The predicted molar refractivity (Wildman–Crippen MR) is 113 cm³/mol. The molecule has 1 N–H and O–H groups in total. The number of amides is 2. The van der Waals surface area contributed by atoms with Gasteiger partial charge < -0.3 is 5.32 Å². The lowest BCUT2D eigenvalue weighted by Gasteiger charge is -2.25. The lowest BCUT2D eigenvalue weighted by atomic mass is 9.95. The Hall–Kier alpha value is -2.05. The first-order valence-corrected chi connectivity index (χ1v) is 10.5. The summed E-state index contributed by atoms with van der Waals surface area (Å²) in [5, 5.41) is 2.62. The van der Waals surface area contributed by atoms with Gasteiger partial charge in [-0.3, -0.25) is 14.5 Å². The van der Waals surface area contributed by atoms with Gasteiger partial charge in [-0.15, -0.1) is 23.4 Å². The summed E-state index contributed by atoms with van der Waals surface area (Å²) in [6, 6.07) is 12.2. The molecule has 3 rings (SSSR count). The van der Waals surface area contributed by atoms with E-state index >= 15 is 0 Å². The number of hydrogen-bond acceptors (Lipinski definition) is 3. The lowest BCUT2D eigenvalue weighted by Crippen LogP contribution is -2.32. The zero-order valence-corrected chi connectivity index (χ0v) is 17.5. The summed E-state index contributed by atoms with van der Waals surface area (Å²) >= 11 is 7.34. The molecule has 2 aromatic rings. The molecule has 2 aromatic carbocycles. The Labute approximate surface area is 173 Å². The number of hydrogen-bond donors (Lipinski definition) is 1. The third kappa shape index (κ3) is 4.18. The average molecular weight is 421 g/mol. The summed E-state index contributed by atoms with van der Waals surface area (Å²) in [6.07, 6.45) is 0. The van der Waals surface area contributed by atoms with Gasteiger partial charge in [0.15, 0.2) is 0 Å². The Morgan fingerprint density at radius 1 is 1.29 bits per heavy atom. The van der Waals surface area contributed by atoms with Crippen LogP contribution in [0.4, 0.5) is 15.8 Å². The van der Waals surface area contributed by atoms with Crippen LogP contribution in [0.2, 0.25) is 0 Å². The van der Waals surface area contributed by atoms with Crippen LogP contribution in [0.25, 0.3) is 0 Å². The fourth-order valence-electron chi connectivity index (χ4n) is 2.77. The van der Waals surface area contributed by atoms with Gasteiger partial charge in [0.2, 0.25) is 11.8 Å². The highest BCUT2D eigenvalue weighted by molar-refractivity contribution is 8.00. The normalized spacial score (nSPS) is 17.1. The number of halogens is 2. The Morgan fingerprint density at radius 3 is 2.57 bits per heavy atom. The number of carbonyl (C=O) groups is 2. The predicted octanol–water partition coefficient (Wildman–Crippen LogP) is 5.12. The van der Waals surface area contributed by atoms with Crippen molar-refractivity contribution in [2.75, 3.05) is 21.8 Å². The maximum absolute atomic E-state index is 14.0. The van der Waals surface area contributed by atoms with E-state index in [9.17, 15) is 14.0 Å². The van der Waals surface area contributed by atoms with Crippen LogP contribution in [-0.4, -0.2) is 23.4 Å². The quantitative estimate of drug-likeness (QED) is 0.683. The summed E-state index contributed by atoms with van der Waals surface area (Å²) in [4.78, 5) is 26.3. The van der Waals surface area contributed by atoms with Gasteiger partial charge in [-0.05, 0) is 56.2 Å². The first-order chi connectivity index (χ1) is 13.2. The molecule has 7 heteroatoms. The van der Waals surface area contributed by atoms with Crippen molar-refractivity contribution in [1.82, 2.24) is 0 Å². The standard InChI is InChI=1S/C21H22ClFN2O2S/c1-13-4-9-16(10-17(13)23)25-18(26)11-28-19(25)14-5-7-15(8-6-14)24-20(27)21(2,3)12-22/h4-10,19H,11-12H2,1-3H3,(H,24,27)/t19-/m1/s1. The van der Waals surface area contributed by atoms with Crippen molar-refractivity contribution in [2.24, 2.45) is 5.41 Å². The third-order valence-corrected chi connectivity index (χ3v) is 6.58. The van der Waals surface area contributed by atoms with Crippen molar-refractivity contribution in [3.05, 3.63) is 59.4 Å². The van der Waals surface area contributed by atoms with Crippen LogP contribution in [0.3, 0.4) is 0 Å². The molecule has 28 heavy (non-hydrogen) atoms. The van der Waals surface area contributed by atoms with E-state index in [1.54, 1.807) is 49.9 Å².